The molecule has 0 aliphatic rings. The number of fused-ring (bicyclic) bond motifs is 1. The summed E-state index contributed by atoms with van der Waals surface area (Å²) >= 11 is 1.70. The van der Waals surface area contributed by atoms with Crippen molar-refractivity contribution in [3.05, 3.63) is 23.8 Å². The molecule has 0 bridgehead atoms. The average Bonchev–Trinajstić information content (AvgIpc) is 2.67. The number of hydrogen-bond donors (Lipinski definition) is 1. The maximum atomic E-state index is 5.07. The Hall–Kier alpha value is -1.13. The lowest BCUT2D eigenvalue weighted by atomic mass is 10.2. The van der Waals surface area contributed by atoms with Crippen LogP contribution in [-0.2, 0) is 4.74 Å². The fraction of sp³-hybridized carbons (Fsp3) is 0.462. The van der Waals surface area contributed by atoms with Gasteiger partial charge in [0.15, 0.2) is 5.13 Å². The molecule has 3 nitrogen and oxygen atoms in total. The molecule has 2 aromatic rings. The smallest absolute Gasteiger partial charge is 0.184 e. The molecular weight excluding hydrogens is 232 g/mol. The molecule has 0 aliphatic heterocycles. The molecule has 0 saturated carbocycles. The van der Waals surface area contributed by atoms with E-state index < -0.39 is 0 Å². The van der Waals surface area contributed by atoms with Crippen LogP contribution in [0.4, 0.5) is 5.13 Å². The second kappa shape index (κ2) is 5.47. The van der Waals surface area contributed by atoms with Crippen LogP contribution in [0.15, 0.2) is 18.2 Å². The Kier molecular flexibility index (Phi) is 3.97. The SMILES string of the molecule is COCCC(C)Nc1nc2cc(C)ccc2s1. The van der Waals surface area contributed by atoms with Crippen LogP contribution in [0, 0.1) is 6.92 Å². The van der Waals surface area contributed by atoms with Gasteiger partial charge in [0.25, 0.3) is 0 Å². The molecule has 1 heterocycles. The highest BCUT2D eigenvalue weighted by molar-refractivity contribution is 7.22. The number of nitrogens with one attached hydrogen (secondary N) is 1. The second-order valence-corrected chi connectivity index (χ2v) is 5.35. The monoisotopic (exact) mass is 250 g/mol. The first kappa shape index (κ1) is 12.3. The highest BCUT2D eigenvalue weighted by Gasteiger charge is 2.07. The van der Waals surface area contributed by atoms with Gasteiger partial charge in [-0.3, -0.25) is 0 Å². The molecule has 0 fully saturated rings. The zero-order valence-electron chi connectivity index (χ0n) is 10.5. The van der Waals surface area contributed by atoms with Crippen LogP contribution in [0.2, 0.25) is 0 Å². The van der Waals surface area contributed by atoms with Crippen molar-refractivity contribution in [2.24, 2.45) is 0 Å². The predicted octanol–water partition coefficient (Wildman–Crippen LogP) is 3.44. The van der Waals surface area contributed by atoms with Crippen molar-refractivity contribution in [1.82, 2.24) is 4.98 Å². The predicted molar refractivity (Wildman–Crippen MR) is 73.9 cm³/mol. The number of aromatic nitrogens is 1. The van der Waals surface area contributed by atoms with Gasteiger partial charge in [-0.05, 0) is 38.0 Å². The van der Waals surface area contributed by atoms with E-state index >= 15 is 0 Å². The first-order valence-corrected chi connectivity index (χ1v) is 6.63. The first-order chi connectivity index (χ1) is 8.19. The van der Waals surface area contributed by atoms with Gasteiger partial charge in [-0.2, -0.15) is 0 Å². The Labute approximate surface area is 106 Å². The normalized spacial score (nSPS) is 12.9. The van der Waals surface area contributed by atoms with Gasteiger partial charge >= 0.3 is 0 Å². The van der Waals surface area contributed by atoms with Gasteiger partial charge in [-0.1, -0.05) is 17.4 Å². The van der Waals surface area contributed by atoms with Gasteiger partial charge in [0.1, 0.15) is 0 Å². The average molecular weight is 250 g/mol. The highest BCUT2D eigenvalue weighted by Crippen LogP contribution is 2.27. The number of benzene rings is 1. The summed E-state index contributed by atoms with van der Waals surface area (Å²) in [6, 6.07) is 6.76. The summed E-state index contributed by atoms with van der Waals surface area (Å²) in [6.07, 6.45) is 0.992. The number of methoxy groups -OCH3 is 1. The third-order valence-corrected chi connectivity index (χ3v) is 3.64. The van der Waals surface area contributed by atoms with Gasteiger partial charge in [0, 0.05) is 19.8 Å². The molecule has 2 rings (SSSR count). The maximum Gasteiger partial charge on any atom is 0.184 e. The summed E-state index contributed by atoms with van der Waals surface area (Å²) in [6.45, 7) is 5.02. The van der Waals surface area contributed by atoms with Gasteiger partial charge in [-0.25, -0.2) is 4.98 Å². The van der Waals surface area contributed by atoms with E-state index in [1.165, 1.54) is 10.3 Å². The maximum absolute atomic E-state index is 5.07. The molecule has 1 aromatic heterocycles. The lowest BCUT2D eigenvalue weighted by Crippen LogP contribution is -2.16. The van der Waals surface area contributed by atoms with Crippen LogP contribution in [-0.4, -0.2) is 24.7 Å². The Bertz CT molecular complexity index is 495. The molecule has 0 spiro atoms. The minimum atomic E-state index is 0.386. The zero-order chi connectivity index (χ0) is 12.3. The molecule has 17 heavy (non-hydrogen) atoms. The largest absolute Gasteiger partial charge is 0.385 e. The van der Waals surface area contributed by atoms with Crippen molar-refractivity contribution in [2.75, 3.05) is 19.0 Å². The topological polar surface area (TPSA) is 34.1 Å². The van der Waals surface area contributed by atoms with Crippen LogP contribution >= 0.6 is 11.3 Å². The minimum Gasteiger partial charge on any atom is -0.385 e. The van der Waals surface area contributed by atoms with Crippen LogP contribution in [0.5, 0.6) is 0 Å². The Morgan fingerprint density at radius 2 is 2.29 bits per heavy atom. The van der Waals surface area contributed by atoms with Gasteiger partial charge in [0.2, 0.25) is 0 Å². The number of thiazole rings is 1. The molecule has 0 amide bonds. The van der Waals surface area contributed by atoms with Gasteiger partial charge in [-0.15, -0.1) is 0 Å². The summed E-state index contributed by atoms with van der Waals surface area (Å²) in [4.78, 5) is 4.59. The second-order valence-electron chi connectivity index (χ2n) is 4.32. The fourth-order valence-corrected chi connectivity index (χ4v) is 2.63. The number of ether oxygens (including phenoxy) is 1. The molecule has 1 unspecified atom stereocenters. The molecule has 0 aliphatic carbocycles. The molecule has 1 N–H and O–H groups in total. The van der Waals surface area contributed by atoms with Crippen molar-refractivity contribution >= 4 is 26.7 Å². The zero-order valence-corrected chi connectivity index (χ0v) is 11.3. The van der Waals surface area contributed by atoms with E-state index in [0.29, 0.717) is 6.04 Å². The van der Waals surface area contributed by atoms with Crippen molar-refractivity contribution in [3.8, 4) is 0 Å². The summed E-state index contributed by atoms with van der Waals surface area (Å²) < 4.78 is 6.30. The summed E-state index contributed by atoms with van der Waals surface area (Å²) in [5, 5.41) is 4.41. The standard InChI is InChI=1S/C13H18N2OS/c1-9-4-5-12-11(8-9)15-13(17-12)14-10(2)6-7-16-3/h4-5,8,10H,6-7H2,1-3H3,(H,14,15). The number of anilines is 1. The first-order valence-electron chi connectivity index (χ1n) is 5.81. The van der Waals surface area contributed by atoms with Crippen LogP contribution in [0.1, 0.15) is 18.9 Å². The summed E-state index contributed by atoms with van der Waals surface area (Å²) in [5.74, 6) is 0. The minimum absolute atomic E-state index is 0.386. The van der Waals surface area contributed by atoms with E-state index in [-0.39, 0.29) is 0 Å². The molecule has 4 heteroatoms. The van der Waals surface area contributed by atoms with Crippen LogP contribution in [0.3, 0.4) is 0 Å². The number of hydrogen-bond acceptors (Lipinski definition) is 4. The van der Waals surface area contributed by atoms with Crippen LogP contribution < -0.4 is 5.32 Å². The van der Waals surface area contributed by atoms with E-state index in [4.69, 9.17) is 4.74 Å². The number of nitrogens with zero attached hydrogens (tertiary/aromatic N) is 1. The quantitative estimate of drug-likeness (QED) is 0.882. The van der Waals surface area contributed by atoms with Crippen molar-refractivity contribution in [2.45, 2.75) is 26.3 Å². The Morgan fingerprint density at radius 1 is 1.47 bits per heavy atom. The van der Waals surface area contributed by atoms with E-state index in [9.17, 15) is 0 Å². The Balaban J connectivity index is 2.08. The molecule has 1 atom stereocenters. The molecule has 1 aromatic carbocycles. The van der Waals surface area contributed by atoms with Crippen molar-refractivity contribution < 1.29 is 4.74 Å². The summed E-state index contributed by atoms with van der Waals surface area (Å²) in [5.41, 5.74) is 2.33. The summed E-state index contributed by atoms with van der Waals surface area (Å²) in [7, 11) is 1.73. The molecular formula is C13H18N2OS. The van der Waals surface area contributed by atoms with E-state index in [0.717, 1.165) is 23.7 Å². The lowest BCUT2D eigenvalue weighted by Gasteiger charge is -2.11. The van der Waals surface area contributed by atoms with Gasteiger partial charge < -0.3 is 10.1 Å². The lowest BCUT2D eigenvalue weighted by molar-refractivity contribution is 0.191. The van der Waals surface area contributed by atoms with Crippen molar-refractivity contribution in [1.29, 1.82) is 0 Å². The third kappa shape index (κ3) is 3.17. The number of aryl methyl sites for hydroxylation is 1. The third-order valence-electron chi connectivity index (χ3n) is 2.67. The number of rotatable bonds is 5. The molecule has 0 saturated heterocycles. The fourth-order valence-electron chi connectivity index (χ4n) is 1.68. The van der Waals surface area contributed by atoms with Gasteiger partial charge in [0.05, 0.1) is 10.2 Å². The molecule has 0 radical (unpaired) electrons. The van der Waals surface area contributed by atoms with Crippen LogP contribution in [0.25, 0.3) is 10.2 Å². The van der Waals surface area contributed by atoms with Crippen molar-refractivity contribution in [3.63, 3.8) is 0 Å². The van der Waals surface area contributed by atoms with E-state index in [2.05, 4.69) is 42.3 Å². The van der Waals surface area contributed by atoms with E-state index in [1.54, 1.807) is 18.4 Å². The molecule has 92 valence electrons. The van der Waals surface area contributed by atoms with E-state index in [1.807, 2.05) is 0 Å². The highest BCUT2D eigenvalue weighted by atomic mass is 32.1. The Morgan fingerprint density at radius 3 is 3.06 bits per heavy atom.